The fourth-order valence-electron chi connectivity index (χ4n) is 5.38. The van der Waals surface area contributed by atoms with Gasteiger partial charge in [-0.3, -0.25) is 9.59 Å². The summed E-state index contributed by atoms with van der Waals surface area (Å²) < 4.78 is 46.6. The number of fused-ring (bicyclic) bond motifs is 2. The summed E-state index contributed by atoms with van der Waals surface area (Å²) in [6.45, 7) is 3.06. The van der Waals surface area contributed by atoms with E-state index in [4.69, 9.17) is 37.9 Å². The van der Waals surface area contributed by atoms with Crippen molar-refractivity contribution in [3.05, 3.63) is 108 Å². The first kappa shape index (κ1) is 37.8. The molecular formula is C40H46N2O10. The highest BCUT2D eigenvalue weighted by Crippen LogP contribution is 2.35. The van der Waals surface area contributed by atoms with Gasteiger partial charge in [0.2, 0.25) is 0 Å². The van der Waals surface area contributed by atoms with E-state index >= 15 is 0 Å². The van der Waals surface area contributed by atoms with Crippen molar-refractivity contribution in [2.45, 2.75) is 13.2 Å². The molecule has 4 aromatic carbocycles. The smallest absolute Gasteiger partial charge is 0.325 e. The van der Waals surface area contributed by atoms with Gasteiger partial charge in [0.25, 0.3) is 0 Å². The molecule has 0 fully saturated rings. The van der Waals surface area contributed by atoms with E-state index in [1.165, 1.54) is 14.2 Å². The molecule has 0 N–H and O–H groups in total. The third kappa shape index (κ3) is 11.8. The normalized spacial score (nSPS) is 14.3. The van der Waals surface area contributed by atoms with Gasteiger partial charge in [0.1, 0.15) is 62.5 Å². The molecule has 52 heavy (non-hydrogen) atoms. The van der Waals surface area contributed by atoms with Crippen LogP contribution in [0.3, 0.4) is 0 Å². The molecule has 1 aliphatic rings. The topological polar surface area (TPSA) is 114 Å². The molecule has 0 saturated carbocycles. The van der Waals surface area contributed by atoms with Crippen molar-refractivity contribution >= 4 is 23.3 Å². The summed E-state index contributed by atoms with van der Waals surface area (Å²) in [5, 5.41) is 0. The number of carbonyl (C=O) groups excluding carboxylic acids is 2. The number of anilines is 2. The van der Waals surface area contributed by atoms with Crippen LogP contribution in [0.25, 0.3) is 0 Å². The second-order valence-corrected chi connectivity index (χ2v) is 11.7. The van der Waals surface area contributed by atoms with Crippen molar-refractivity contribution in [2.24, 2.45) is 0 Å². The van der Waals surface area contributed by atoms with Crippen LogP contribution in [0.2, 0.25) is 0 Å². The third-order valence-electron chi connectivity index (χ3n) is 8.12. The molecule has 0 radical (unpaired) electrons. The number of hydrogen-bond acceptors (Lipinski definition) is 12. The molecule has 4 aromatic rings. The van der Waals surface area contributed by atoms with Gasteiger partial charge in [-0.2, -0.15) is 0 Å². The lowest BCUT2D eigenvalue weighted by Crippen LogP contribution is -2.35. The van der Waals surface area contributed by atoms with Gasteiger partial charge < -0.3 is 47.7 Å². The minimum Gasteiger partial charge on any atom is -0.489 e. The molecule has 276 valence electrons. The first-order chi connectivity index (χ1) is 25.5. The lowest BCUT2D eigenvalue weighted by atomic mass is 10.2. The van der Waals surface area contributed by atoms with Gasteiger partial charge >= 0.3 is 11.9 Å². The largest absolute Gasteiger partial charge is 0.489 e. The van der Waals surface area contributed by atoms with Crippen molar-refractivity contribution in [1.29, 1.82) is 0 Å². The van der Waals surface area contributed by atoms with Crippen LogP contribution in [0.4, 0.5) is 11.4 Å². The van der Waals surface area contributed by atoms with E-state index in [2.05, 4.69) is 0 Å². The molecule has 0 spiro atoms. The van der Waals surface area contributed by atoms with Crippen molar-refractivity contribution in [3.63, 3.8) is 0 Å². The van der Waals surface area contributed by atoms with Gasteiger partial charge in [-0.05, 0) is 35.4 Å². The number of methoxy groups -OCH3 is 2. The second-order valence-electron chi connectivity index (χ2n) is 11.7. The van der Waals surface area contributed by atoms with Crippen LogP contribution in [0, 0.1) is 0 Å². The summed E-state index contributed by atoms with van der Waals surface area (Å²) in [6, 6.07) is 30.7. The lowest BCUT2D eigenvalue weighted by Gasteiger charge is -2.28. The maximum Gasteiger partial charge on any atom is 0.325 e. The van der Waals surface area contributed by atoms with Crippen molar-refractivity contribution in [2.75, 3.05) is 89.8 Å². The first-order valence-corrected chi connectivity index (χ1v) is 17.2. The quantitative estimate of drug-likeness (QED) is 0.199. The van der Waals surface area contributed by atoms with Crippen molar-refractivity contribution in [3.8, 4) is 23.0 Å². The zero-order valence-corrected chi connectivity index (χ0v) is 29.7. The van der Waals surface area contributed by atoms with Crippen LogP contribution in [-0.4, -0.2) is 92.0 Å². The molecule has 0 aliphatic carbocycles. The summed E-state index contributed by atoms with van der Waals surface area (Å²) in [4.78, 5) is 28.7. The van der Waals surface area contributed by atoms with E-state index in [9.17, 15) is 9.59 Å². The number of esters is 2. The van der Waals surface area contributed by atoms with Crippen LogP contribution in [0.5, 0.6) is 23.0 Å². The van der Waals surface area contributed by atoms with Gasteiger partial charge in [0.05, 0.1) is 52.0 Å². The van der Waals surface area contributed by atoms with E-state index in [0.717, 1.165) is 11.1 Å². The van der Waals surface area contributed by atoms with Crippen LogP contribution in [-0.2, 0) is 41.8 Å². The van der Waals surface area contributed by atoms with Gasteiger partial charge in [-0.25, -0.2) is 0 Å². The Labute approximate surface area is 304 Å². The molecule has 12 heteroatoms. The van der Waals surface area contributed by atoms with Crippen LogP contribution >= 0.6 is 0 Å². The summed E-state index contributed by atoms with van der Waals surface area (Å²) in [6.07, 6.45) is 0. The minimum atomic E-state index is -0.407. The SMILES string of the molecule is COC(=O)CN1CCOCCOCCN(CC(=O)OC)c2cc(OCc3ccccc3)ccc2OCCOc2ccc(OCc3ccccc3)cc21. The summed E-state index contributed by atoms with van der Waals surface area (Å²) >= 11 is 0. The van der Waals surface area contributed by atoms with E-state index < -0.39 is 11.9 Å². The number of nitrogens with zero attached hydrogens (tertiary/aromatic N) is 2. The first-order valence-electron chi connectivity index (χ1n) is 17.2. The Morgan fingerprint density at radius 3 is 1.38 bits per heavy atom. The number of hydrogen-bond donors (Lipinski definition) is 0. The van der Waals surface area contributed by atoms with Gasteiger partial charge in [0, 0.05) is 25.2 Å². The van der Waals surface area contributed by atoms with Gasteiger partial charge in [0.15, 0.2) is 0 Å². The van der Waals surface area contributed by atoms with E-state index in [0.29, 0.717) is 87.1 Å². The maximum atomic E-state index is 12.5. The number of benzene rings is 4. The highest BCUT2D eigenvalue weighted by Gasteiger charge is 2.20. The Bertz CT molecular complexity index is 1560. The standard InChI is InChI=1S/C40H46N2O10/c1-45-39(43)27-41-17-19-47-21-22-48-20-18-42(28-40(44)46-2)36-26-34(52-30-32-11-7-4-8-12-32)14-16-38(36)50-24-23-49-37-15-13-33(25-35(37)41)51-29-31-9-5-3-6-10-31/h3-16,25-26H,17-24,27-30H2,1-2H3. The lowest BCUT2D eigenvalue weighted by molar-refractivity contribution is -0.139. The Hall–Kier alpha value is -5.46. The van der Waals surface area contributed by atoms with E-state index in [-0.39, 0.29) is 26.3 Å². The van der Waals surface area contributed by atoms with Crippen LogP contribution in [0.15, 0.2) is 97.1 Å². The Morgan fingerprint density at radius 2 is 0.981 bits per heavy atom. The maximum absolute atomic E-state index is 12.5. The average molecular weight is 715 g/mol. The monoisotopic (exact) mass is 714 g/mol. The van der Waals surface area contributed by atoms with Crippen LogP contribution in [0.1, 0.15) is 11.1 Å². The fourth-order valence-corrected chi connectivity index (χ4v) is 5.38. The molecular weight excluding hydrogens is 668 g/mol. The molecule has 0 atom stereocenters. The molecule has 5 rings (SSSR count). The molecule has 12 nitrogen and oxygen atoms in total. The van der Waals surface area contributed by atoms with Gasteiger partial charge in [-0.15, -0.1) is 0 Å². The number of rotatable bonds is 10. The predicted octanol–water partition coefficient (Wildman–Crippen LogP) is 5.31. The minimum absolute atomic E-state index is 0.0244. The Balaban J connectivity index is 1.39. The second kappa shape index (κ2) is 20.4. The zero-order valence-electron chi connectivity index (χ0n) is 29.7. The van der Waals surface area contributed by atoms with Crippen molar-refractivity contribution in [1.82, 2.24) is 0 Å². The molecule has 0 bridgehead atoms. The number of ether oxygens (including phenoxy) is 8. The summed E-state index contributed by atoms with van der Waals surface area (Å²) in [5.41, 5.74) is 3.33. The zero-order chi connectivity index (χ0) is 36.4. The molecule has 1 aliphatic heterocycles. The highest BCUT2D eigenvalue weighted by molar-refractivity contribution is 5.78. The molecule has 0 saturated heterocycles. The highest BCUT2D eigenvalue weighted by atomic mass is 16.5. The van der Waals surface area contributed by atoms with Crippen molar-refractivity contribution < 1.29 is 47.5 Å². The summed E-state index contributed by atoms with van der Waals surface area (Å²) in [5.74, 6) is 1.46. The summed E-state index contributed by atoms with van der Waals surface area (Å²) in [7, 11) is 2.71. The molecule has 0 unspecified atom stereocenters. The van der Waals surface area contributed by atoms with E-state index in [1.54, 1.807) is 0 Å². The Morgan fingerprint density at radius 1 is 0.558 bits per heavy atom. The molecule has 0 aromatic heterocycles. The number of carbonyl (C=O) groups is 2. The van der Waals surface area contributed by atoms with Crippen LogP contribution < -0.4 is 28.7 Å². The fraction of sp³-hybridized carbons (Fsp3) is 0.350. The van der Waals surface area contributed by atoms with E-state index in [1.807, 2.05) is 107 Å². The third-order valence-corrected chi connectivity index (χ3v) is 8.12. The molecule has 0 amide bonds. The van der Waals surface area contributed by atoms with Gasteiger partial charge in [-0.1, -0.05) is 60.7 Å². The predicted molar refractivity (Wildman–Crippen MR) is 196 cm³/mol. The average Bonchev–Trinajstić information content (AvgIpc) is 3.18. The molecule has 1 heterocycles. The Kier molecular flexibility index (Phi) is 14.8.